The first-order chi connectivity index (χ1) is 11.6. The molecule has 24 heavy (non-hydrogen) atoms. The number of carbonyl (C=O) groups excluding carboxylic acids is 1. The molecule has 3 heteroatoms. The zero-order valence-electron chi connectivity index (χ0n) is 14.4. The molecular weight excluding hydrogens is 296 g/mol. The van der Waals surface area contributed by atoms with Crippen LogP contribution in [0.15, 0.2) is 60.7 Å². The molecule has 1 heterocycles. The van der Waals surface area contributed by atoms with Crippen LogP contribution in [0.5, 0.6) is 0 Å². The fourth-order valence-corrected chi connectivity index (χ4v) is 4.07. The second kappa shape index (κ2) is 6.78. The van der Waals surface area contributed by atoms with Crippen LogP contribution in [0.2, 0.25) is 0 Å². The molecule has 126 valence electrons. The van der Waals surface area contributed by atoms with Crippen molar-refractivity contribution in [3.8, 4) is 0 Å². The monoisotopic (exact) mass is 323 g/mol. The molecule has 0 unspecified atom stereocenters. The van der Waals surface area contributed by atoms with Gasteiger partial charge < -0.3 is 10.2 Å². The van der Waals surface area contributed by atoms with E-state index >= 15 is 0 Å². The molecule has 1 aliphatic heterocycles. The summed E-state index contributed by atoms with van der Waals surface area (Å²) in [6.45, 7) is 3.35. The smallest absolute Gasteiger partial charge is 0.232 e. The Hall–Kier alpha value is -2.13. The molecule has 3 rings (SSSR count). The average molecular weight is 323 g/mol. The van der Waals surface area contributed by atoms with Crippen molar-refractivity contribution in [2.75, 3.05) is 26.7 Å². The van der Waals surface area contributed by atoms with Crippen LogP contribution in [-0.4, -0.2) is 37.1 Å². The first kappa shape index (κ1) is 16.7. The quantitative estimate of drug-likeness (QED) is 0.816. The van der Waals surface area contributed by atoms with E-state index in [1.807, 2.05) is 60.7 Å². The Morgan fingerprint density at radius 1 is 0.958 bits per heavy atom. The van der Waals surface area contributed by atoms with Gasteiger partial charge in [0.25, 0.3) is 0 Å². The van der Waals surface area contributed by atoms with Crippen LogP contribution >= 0.6 is 0 Å². The van der Waals surface area contributed by atoms with Crippen LogP contribution < -0.4 is 5.73 Å². The maximum atomic E-state index is 12.7. The molecule has 2 aromatic carbocycles. The second-order valence-electron chi connectivity index (χ2n) is 7.25. The van der Waals surface area contributed by atoms with Gasteiger partial charge in [-0.05, 0) is 11.1 Å². The lowest BCUT2D eigenvalue weighted by Crippen LogP contribution is -2.49. The minimum absolute atomic E-state index is 0.259. The van der Waals surface area contributed by atoms with E-state index in [2.05, 4.69) is 7.05 Å². The summed E-state index contributed by atoms with van der Waals surface area (Å²) in [5, 5.41) is 0. The van der Waals surface area contributed by atoms with Crippen LogP contribution in [0.4, 0.5) is 0 Å². The zero-order chi connectivity index (χ0) is 17.0. The topological polar surface area (TPSA) is 43.1 Å². The highest BCUT2D eigenvalue weighted by atomic mass is 16.1. The van der Waals surface area contributed by atoms with Crippen LogP contribution in [0, 0.1) is 0 Å². The Morgan fingerprint density at radius 3 is 1.83 bits per heavy atom. The summed E-state index contributed by atoms with van der Waals surface area (Å²) in [5.41, 5.74) is 7.25. The first-order valence-corrected chi connectivity index (χ1v) is 8.81. The molecule has 1 saturated heterocycles. The lowest BCUT2D eigenvalue weighted by atomic mass is 9.71. The molecule has 2 N–H and O–H groups in total. The van der Waals surface area contributed by atoms with E-state index in [1.165, 1.54) is 25.9 Å². The third-order valence-corrected chi connectivity index (χ3v) is 5.63. The Labute approximate surface area is 144 Å². The van der Waals surface area contributed by atoms with E-state index in [4.69, 9.17) is 5.73 Å². The Kier molecular flexibility index (Phi) is 4.72. The summed E-state index contributed by atoms with van der Waals surface area (Å²) in [6, 6.07) is 20.0. The molecule has 1 amide bonds. The van der Waals surface area contributed by atoms with E-state index in [0.29, 0.717) is 0 Å². The number of carbonyl (C=O) groups is 1. The summed E-state index contributed by atoms with van der Waals surface area (Å²) in [6.07, 6.45) is 3.29. The highest BCUT2D eigenvalue weighted by Crippen LogP contribution is 2.37. The molecule has 1 fully saturated rings. The number of nitrogens with two attached hydrogens (primary N) is 1. The Morgan fingerprint density at radius 2 is 1.42 bits per heavy atom. The van der Waals surface area contributed by atoms with Gasteiger partial charge in [-0.15, -0.1) is 0 Å². The van der Waals surface area contributed by atoms with Gasteiger partial charge in [0.05, 0.1) is 26.7 Å². The lowest BCUT2D eigenvalue weighted by molar-refractivity contribution is -0.898. The van der Waals surface area contributed by atoms with Crippen molar-refractivity contribution in [1.82, 2.24) is 0 Å². The number of quaternary nitrogens is 1. The normalized spacial score (nSPS) is 16.9. The maximum Gasteiger partial charge on any atom is 0.232 e. The number of hydrogen-bond donors (Lipinski definition) is 1. The van der Waals surface area contributed by atoms with Crippen molar-refractivity contribution in [2.24, 2.45) is 5.73 Å². The highest BCUT2D eigenvalue weighted by molar-refractivity contribution is 5.90. The third-order valence-electron chi connectivity index (χ3n) is 5.63. The van der Waals surface area contributed by atoms with Crippen LogP contribution in [0.3, 0.4) is 0 Å². The van der Waals surface area contributed by atoms with Crippen molar-refractivity contribution >= 4 is 5.91 Å². The number of likely N-dealkylation sites (tertiary alicyclic amines) is 1. The predicted octanol–water partition coefficient (Wildman–Crippen LogP) is 3.09. The number of amides is 1. The summed E-state index contributed by atoms with van der Waals surface area (Å²) in [5.74, 6) is -0.259. The van der Waals surface area contributed by atoms with E-state index in [9.17, 15) is 4.79 Å². The molecular formula is C21H27N2O+. The van der Waals surface area contributed by atoms with Gasteiger partial charge in [0.1, 0.15) is 5.41 Å². The van der Waals surface area contributed by atoms with Gasteiger partial charge in [0.15, 0.2) is 0 Å². The standard InChI is InChI=1S/C21H26N2O/c1-23(15-8-9-16-23)17-14-21(20(22)24,18-10-4-2-5-11-18)19-12-6-3-7-13-19/h2-7,10-13H,8-9,14-17H2,1H3,(H-,22,24)/p+1. The molecule has 0 bridgehead atoms. The van der Waals surface area contributed by atoms with Gasteiger partial charge >= 0.3 is 0 Å². The molecule has 0 aliphatic carbocycles. The molecule has 2 aromatic rings. The highest BCUT2D eigenvalue weighted by Gasteiger charge is 2.42. The fraction of sp³-hybridized carbons (Fsp3) is 0.381. The predicted molar refractivity (Wildman–Crippen MR) is 97.5 cm³/mol. The molecule has 3 nitrogen and oxygen atoms in total. The van der Waals surface area contributed by atoms with Gasteiger partial charge in [0, 0.05) is 19.3 Å². The van der Waals surface area contributed by atoms with Gasteiger partial charge in [-0.3, -0.25) is 4.79 Å². The zero-order valence-corrected chi connectivity index (χ0v) is 14.4. The van der Waals surface area contributed by atoms with Crippen LogP contribution in [-0.2, 0) is 10.2 Å². The van der Waals surface area contributed by atoms with Crippen molar-refractivity contribution in [1.29, 1.82) is 0 Å². The third kappa shape index (κ3) is 3.09. The number of primary amides is 1. The fourth-order valence-electron chi connectivity index (χ4n) is 4.07. The average Bonchev–Trinajstić information content (AvgIpc) is 3.04. The lowest BCUT2D eigenvalue weighted by Gasteiger charge is -2.36. The van der Waals surface area contributed by atoms with Crippen LogP contribution in [0.25, 0.3) is 0 Å². The summed E-state index contributed by atoms with van der Waals surface area (Å²) >= 11 is 0. The second-order valence-corrected chi connectivity index (χ2v) is 7.25. The van der Waals surface area contributed by atoms with E-state index < -0.39 is 5.41 Å². The van der Waals surface area contributed by atoms with E-state index in [0.717, 1.165) is 28.6 Å². The summed E-state index contributed by atoms with van der Waals surface area (Å²) in [7, 11) is 2.30. The van der Waals surface area contributed by atoms with Gasteiger partial charge in [-0.2, -0.15) is 0 Å². The first-order valence-electron chi connectivity index (χ1n) is 8.81. The van der Waals surface area contributed by atoms with E-state index in [-0.39, 0.29) is 5.91 Å². The number of nitrogens with zero attached hydrogens (tertiary/aromatic N) is 1. The van der Waals surface area contributed by atoms with Gasteiger partial charge in [0.2, 0.25) is 5.91 Å². The van der Waals surface area contributed by atoms with Crippen LogP contribution in [0.1, 0.15) is 30.4 Å². The van der Waals surface area contributed by atoms with Crippen molar-refractivity contribution in [2.45, 2.75) is 24.7 Å². The van der Waals surface area contributed by atoms with Gasteiger partial charge in [-0.1, -0.05) is 60.7 Å². The minimum Gasteiger partial charge on any atom is -0.369 e. The Bertz CT molecular complexity index is 636. The summed E-state index contributed by atoms with van der Waals surface area (Å²) < 4.78 is 1.04. The molecule has 0 saturated carbocycles. The van der Waals surface area contributed by atoms with Crippen molar-refractivity contribution in [3.63, 3.8) is 0 Å². The molecule has 0 atom stereocenters. The largest absolute Gasteiger partial charge is 0.369 e. The number of hydrogen-bond acceptors (Lipinski definition) is 1. The Balaban J connectivity index is 2.03. The number of benzene rings is 2. The van der Waals surface area contributed by atoms with Gasteiger partial charge in [-0.25, -0.2) is 0 Å². The number of rotatable bonds is 6. The molecule has 0 radical (unpaired) electrons. The van der Waals surface area contributed by atoms with Crippen molar-refractivity contribution in [3.05, 3.63) is 71.8 Å². The van der Waals surface area contributed by atoms with Crippen molar-refractivity contribution < 1.29 is 9.28 Å². The minimum atomic E-state index is -0.758. The molecule has 0 spiro atoms. The maximum absolute atomic E-state index is 12.7. The van der Waals surface area contributed by atoms with E-state index in [1.54, 1.807) is 0 Å². The molecule has 0 aromatic heterocycles. The summed E-state index contributed by atoms with van der Waals surface area (Å²) in [4.78, 5) is 12.7. The molecule has 1 aliphatic rings. The SMILES string of the molecule is C[N+]1(CCC(C(N)=O)(c2ccccc2)c2ccccc2)CCCC1.